The zero-order valence-electron chi connectivity index (χ0n) is 13.1. The molecule has 22 heavy (non-hydrogen) atoms. The Morgan fingerprint density at radius 3 is 2.55 bits per heavy atom. The Morgan fingerprint density at radius 1 is 1.00 bits per heavy atom. The molecule has 0 amide bonds. The first-order chi connectivity index (χ1) is 10.8. The molecule has 0 radical (unpaired) electrons. The average molecular weight is 291 g/mol. The first-order valence-corrected chi connectivity index (χ1v) is 7.63. The number of rotatable bonds is 5. The summed E-state index contributed by atoms with van der Waals surface area (Å²) in [5.41, 5.74) is 6.40. The molecule has 3 rings (SSSR count). The van der Waals surface area contributed by atoms with Crippen LogP contribution in [0, 0.1) is 6.92 Å². The van der Waals surface area contributed by atoms with Crippen LogP contribution in [0.25, 0.3) is 5.69 Å². The highest BCUT2D eigenvalue weighted by molar-refractivity contribution is 5.51. The molecule has 1 aromatic heterocycles. The van der Waals surface area contributed by atoms with Gasteiger partial charge in [0.1, 0.15) is 0 Å². The molecule has 2 aromatic carbocycles. The minimum absolute atomic E-state index is 1.04. The maximum Gasteiger partial charge on any atom is 0.0648 e. The van der Waals surface area contributed by atoms with Gasteiger partial charge in [0.2, 0.25) is 0 Å². The molecule has 0 unspecified atom stereocenters. The summed E-state index contributed by atoms with van der Waals surface area (Å²) >= 11 is 0. The summed E-state index contributed by atoms with van der Waals surface area (Å²) in [5, 5.41) is 7.54. The molecule has 1 N–H and O–H groups in total. The van der Waals surface area contributed by atoms with Crippen LogP contribution >= 0.6 is 0 Å². The molecule has 0 saturated heterocycles. The number of nitrogens with zero attached hydrogens (tertiary/aromatic N) is 2. The number of benzene rings is 2. The van der Waals surface area contributed by atoms with Gasteiger partial charge in [-0.1, -0.05) is 24.3 Å². The molecule has 1 heterocycles. The Morgan fingerprint density at radius 2 is 1.82 bits per heavy atom. The van der Waals surface area contributed by atoms with E-state index in [0.29, 0.717) is 0 Å². The van der Waals surface area contributed by atoms with Crippen LogP contribution in [0.15, 0.2) is 60.9 Å². The van der Waals surface area contributed by atoms with E-state index in [1.165, 1.54) is 22.4 Å². The smallest absolute Gasteiger partial charge is 0.0648 e. The molecular weight excluding hydrogens is 270 g/mol. The molecule has 0 saturated carbocycles. The van der Waals surface area contributed by atoms with Gasteiger partial charge in [0.25, 0.3) is 0 Å². The standard InChI is InChI=1S/C19H21N3/c1-15-14-18(22-13-5-12-21-22)11-10-16(15)8-9-17-6-3-4-7-19(17)20-2/h3-7,10-14,20H,8-9H2,1-2H3. The van der Waals surface area contributed by atoms with Gasteiger partial charge < -0.3 is 5.32 Å². The van der Waals surface area contributed by atoms with Crippen molar-refractivity contribution in [1.29, 1.82) is 0 Å². The molecule has 0 aliphatic carbocycles. The number of anilines is 1. The van der Waals surface area contributed by atoms with Crippen LogP contribution in [-0.2, 0) is 12.8 Å². The number of hydrogen-bond donors (Lipinski definition) is 1. The van der Waals surface area contributed by atoms with Gasteiger partial charge in [-0.2, -0.15) is 5.10 Å². The fourth-order valence-corrected chi connectivity index (χ4v) is 2.78. The van der Waals surface area contributed by atoms with Crippen LogP contribution in [-0.4, -0.2) is 16.8 Å². The van der Waals surface area contributed by atoms with Crippen LogP contribution in [0.1, 0.15) is 16.7 Å². The van der Waals surface area contributed by atoms with Crippen molar-refractivity contribution >= 4 is 5.69 Å². The third kappa shape index (κ3) is 3.03. The Labute approximate surface area is 131 Å². The molecule has 0 fully saturated rings. The maximum absolute atomic E-state index is 4.28. The normalized spacial score (nSPS) is 10.6. The lowest BCUT2D eigenvalue weighted by atomic mass is 9.99. The van der Waals surface area contributed by atoms with Crippen LogP contribution in [0.5, 0.6) is 0 Å². The van der Waals surface area contributed by atoms with Crippen LogP contribution in [0.4, 0.5) is 5.69 Å². The van der Waals surface area contributed by atoms with Crippen molar-refractivity contribution in [3.63, 3.8) is 0 Å². The van der Waals surface area contributed by atoms with E-state index in [-0.39, 0.29) is 0 Å². The molecule has 0 aliphatic rings. The average Bonchev–Trinajstić information content (AvgIpc) is 3.08. The predicted octanol–water partition coefficient (Wildman–Crippen LogP) is 4.01. The number of hydrogen-bond acceptors (Lipinski definition) is 2. The third-order valence-corrected chi connectivity index (χ3v) is 4.05. The zero-order chi connectivity index (χ0) is 15.4. The van der Waals surface area contributed by atoms with Gasteiger partial charge in [0.05, 0.1) is 5.69 Å². The third-order valence-electron chi connectivity index (χ3n) is 4.05. The molecule has 3 nitrogen and oxygen atoms in total. The zero-order valence-corrected chi connectivity index (χ0v) is 13.1. The summed E-state index contributed by atoms with van der Waals surface area (Å²) in [4.78, 5) is 0. The molecule has 3 heteroatoms. The highest BCUT2D eigenvalue weighted by Crippen LogP contribution is 2.20. The van der Waals surface area contributed by atoms with E-state index in [1.54, 1.807) is 6.20 Å². The van der Waals surface area contributed by atoms with Gasteiger partial charge in [-0.3, -0.25) is 0 Å². The Kier molecular flexibility index (Phi) is 4.24. The molecular formula is C19H21N3. The largest absolute Gasteiger partial charge is 0.388 e. The van der Waals surface area contributed by atoms with Crippen LogP contribution < -0.4 is 5.32 Å². The van der Waals surface area contributed by atoms with Crippen molar-refractivity contribution in [3.8, 4) is 5.69 Å². The summed E-state index contributed by atoms with van der Waals surface area (Å²) in [7, 11) is 1.98. The first-order valence-electron chi connectivity index (χ1n) is 7.63. The fourth-order valence-electron chi connectivity index (χ4n) is 2.78. The number of para-hydroxylation sites is 1. The second-order valence-corrected chi connectivity index (χ2v) is 5.47. The van der Waals surface area contributed by atoms with Gasteiger partial charge in [-0.05, 0) is 60.7 Å². The van der Waals surface area contributed by atoms with E-state index in [0.717, 1.165) is 18.5 Å². The van der Waals surface area contributed by atoms with Crippen LogP contribution in [0.2, 0.25) is 0 Å². The van der Waals surface area contributed by atoms with Crippen LogP contribution in [0.3, 0.4) is 0 Å². The van der Waals surface area contributed by atoms with E-state index in [1.807, 2.05) is 24.0 Å². The van der Waals surface area contributed by atoms with Gasteiger partial charge >= 0.3 is 0 Å². The summed E-state index contributed by atoms with van der Waals surface area (Å²) < 4.78 is 1.90. The SMILES string of the molecule is CNc1ccccc1CCc1ccc(-n2cccn2)cc1C. The number of aryl methyl sites for hydroxylation is 3. The molecule has 112 valence electrons. The molecule has 0 bridgehead atoms. The summed E-state index contributed by atoms with van der Waals surface area (Å²) in [5.74, 6) is 0. The molecule has 0 aliphatic heterocycles. The summed E-state index contributed by atoms with van der Waals surface area (Å²) in [6, 6.07) is 17.0. The molecule has 3 aromatic rings. The Hall–Kier alpha value is -2.55. The summed E-state index contributed by atoms with van der Waals surface area (Å²) in [6.07, 6.45) is 5.86. The molecule has 0 atom stereocenters. The van der Waals surface area contributed by atoms with Crippen molar-refractivity contribution in [1.82, 2.24) is 9.78 Å². The first kappa shape index (κ1) is 14.4. The lowest BCUT2D eigenvalue weighted by Gasteiger charge is -2.11. The van der Waals surface area contributed by atoms with Gasteiger partial charge in [0, 0.05) is 25.1 Å². The van der Waals surface area contributed by atoms with Crippen molar-refractivity contribution < 1.29 is 0 Å². The monoisotopic (exact) mass is 291 g/mol. The fraction of sp³-hybridized carbons (Fsp3) is 0.211. The topological polar surface area (TPSA) is 29.9 Å². The number of nitrogens with one attached hydrogen (secondary N) is 1. The minimum Gasteiger partial charge on any atom is -0.388 e. The van der Waals surface area contributed by atoms with Crippen molar-refractivity contribution in [2.24, 2.45) is 0 Å². The predicted molar refractivity (Wildman–Crippen MR) is 91.7 cm³/mol. The second-order valence-electron chi connectivity index (χ2n) is 5.47. The van der Waals surface area contributed by atoms with E-state index in [4.69, 9.17) is 0 Å². The van der Waals surface area contributed by atoms with E-state index in [2.05, 4.69) is 59.8 Å². The van der Waals surface area contributed by atoms with E-state index >= 15 is 0 Å². The lowest BCUT2D eigenvalue weighted by Crippen LogP contribution is -2.00. The van der Waals surface area contributed by atoms with Gasteiger partial charge in [-0.15, -0.1) is 0 Å². The lowest BCUT2D eigenvalue weighted by molar-refractivity contribution is 0.874. The Bertz CT molecular complexity index is 745. The van der Waals surface area contributed by atoms with E-state index in [9.17, 15) is 0 Å². The molecule has 0 spiro atoms. The highest BCUT2D eigenvalue weighted by atomic mass is 15.3. The number of aromatic nitrogens is 2. The Balaban J connectivity index is 1.76. The second kappa shape index (κ2) is 6.48. The van der Waals surface area contributed by atoms with Gasteiger partial charge in [0.15, 0.2) is 0 Å². The van der Waals surface area contributed by atoms with Crippen molar-refractivity contribution in [2.45, 2.75) is 19.8 Å². The maximum atomic E-state index is 4.28. The van der Waals surface area contributed by atoms with Crippen molar-refractivity contribution in [2.75, 3.05) is 12.4 Å². The highest BCUT2D eigenvalue weighted by Gasteiger charge is 2.05. The van der Waals surface area contributed by atoms with Gasteiger partial charge in [-0.25, -0.2) is 4.68 Å². The van der Waals surface area contributed by atoms with E-state index < -0.39 is 0 Å². The quantitative estimate of drug-likeness (QED) is 0.770. The summed E-state index contributed by atoms with van der Waals surface area (Å²) in [6.45, 7) is 2.17. The minimum atomic E-state index is 1.04. The van der Waals surface area contributed by atoms with Crippen molar-refractivity contribution in [3.05, 3.63) is 77.6 Å².